The van der Waals surface area contributed by atoms with Crippen LogP contribution in [0.1, 0.15) is 32.6 Å². The second kappa shape index (κ2) is 5.69. The molecule has 0 aromatic heterocycles. The predicted octanol–water partition coefficient (Wildman–Crippen LogP) is 0.833. The van der Waals surface area contributed by atoms with E-state index in [-0.39, 0.29) is 5.54 Å². The van der Waals surface area contributed by atoms with Crippen LogP contribution in [-0.2, 0) is 0 Å². The molecule has 1 aliphatic heterocycles. The van der Waals surface area contributed by atoms with Gasteiger partial charge in [0.15, 0.2) is 0 Å². The molecule has 14 heavy (non-hydrogen) atoms. The van der Waals surface area contributed by atoms with Crippen LogP contribution in [0.25, 0.3) is 0 Å². The summed E-state index contributed by atoms with van der Waals surface area (Å²) in [4.78, 5) is 2.36. The minimum Gasteiger partial charge on any atom is -0.396 e. The largest absolute Gasteiger partial charge is 0.396 e. The van der Waals surface area contributed by atoms with E-state index in [9.17, 15) is 0 Å². The van der Waals surface area contributed by atoms with Crippen LogP contribution in [0, 0.1) is 0 Å². The maximum Gasteiger partial charge on any atom is 0.0448 e. The van der Waals surface area contributed by atoms with Gasteiger partial charge in [-0.15, -0.1) is 0 Å². The Morgan fingerprint density at radius 1 is 1.36 bits per heavy atom. The molecule has 0 spiro atoms. The first-order valence-corrected chi connectivity index (χ1v) is 5.77. The van der Waals surface area contributed by atoms with Gasteiger partial charge in [0.25, 0.3) is 0 Å². The highest BCUT2D eigenvalue weighted by atomic mass is 16.3. The third-order valence-corrected chi connectivity index (χ3v) is 3.28. The molecule has 1 rings (SSSR count). The Kier molecular flexibility index (Phi) is 4.85. The molecule has 3 heteroatoms. The standard InChI is InChI=1S/C11H24N2O/c1-3-7-12-11(6-10-14)4-8-13(2)9-5-11/h12,14H,3-10H2,1-2H3. The fourth-order valence-corrected chi connectivity index (χ4v) is 2.17. The average molecular weight is 200 g/mol. The van der Waals surface area contributed by atoms with Crippen LogP contribution in [0.4, 0.5) is 0 Å². The van der Waals surface area contributed by atoms with E-state index in [0.29, 0.717) is 6.61 Å². The number of hydrogen-bond donors (Lipinski definition) is 2. The molecule has 3 nitrogen and oxygen atoms in total. The van der Waals surface area contributed by atoms with Crippen molar-refractivity contribution in [3.63, 3.8) is 0 Å². The van der Waals surface area contributed by atoms with Crippen molar-refractivity contribution in [1.29, 1.82) is 0 Å². The second-order valence-electron chi connectivity index (χ2n) is 4.48. The molecule has 1 aliphatic rings. The third-order valence-electron chi connectivity index (χ3n) is 3.28. The van der Waals surface area contributed by atoms with Gasteiger partial charge in [-0.05, 0) is 52.4 Å². The van der Waals surface area contributed by atoms with E-state index in [1.54, 1.807) is 0 Å². The highest BCUT2D eigenvalue weighted by Crippen LogP contribution is 2.24. The lowest BCUT2D eigenvalue weighted by molar-refractivity contribution is 0.123. The molecule has 2 N–H and O–H groups in total. The van der Waals surface area contributed by atoms with Crippen molar-refractivity contribution in [2.24, 2.45) is 0 Å². The fourth-order valence-electron chi connectivity index (χ4n) is 2.17. The van der Waals surface area contributed by atoms with Crippen LogP contribution < -0.4 is 5.32 Å². The van der Waals surface area contributed by atoms with Crippen LogP contribution in [0.2, 0.25) is 0 Å². The Morgan fingerprint density at radius 2 is 2.00 bits per heavy atom. The topological polar surface area (TPSA) is 35.5 Å². The highest BCUT2D eigenvalue weighted by molar-refractivity contribution is 4.92. The van der Waals surface area contributed by atoms with Crippen molar-refractivity contribution in [1.82, 2.24) is 10.2 Å². The van der Waals surface area contributed by atoms with Crippen molar-refractivity contribution in [3.8, 4) is 0 Å². The molecule has 0 radical (unpaired) electrons. The summed E-state index contributed by atoms with van der Waals surface area (Å²) < 4.78 is 0. The SMILES string of the molecule is CCCNC1(CCO)CCN(C)CC1. The van der Waals surface area contributed by atoms with E-state index in [0.717, 1.165) is 26.1 Å². The van der Waals surface area contributed by atoms with Gasteiger partial charge in [-0.3, -0.25) is 0 Å². The van der Waals surface area contributed by atoms with E-state index >= 15 is 0 Å². The number of rotatable bonds is 5. The van der Waals surface area contributed by atoms with Gasteiger partial charge < -0.3 is 15.3 Å². The van der Waals surface area contributed by atoms with Gasteiger partial charge in [0.2, 0.25) is 0 Å². The Bertz CT molecular complexity index is 148. The monoisotopic (exact) mass is 200 g/mol. The summed E-state index contributed by atoms with van der Waals surface area (Å²) in [5, 5.41) is 12.7. The summed E-state index contributed by atoms with van der Waals surface area (Å²) in [6, 6.07) is 0. The van der Waals surface area contributed by atoms with Crippen molar-refractivity contribution in [2.75, 3.05) is 33.3 Å². The highest BCUT2D eigenvalue weighted by Gasteiger charge is 2.31. The van der Waals surface area contributed by atoms with Crippen LogP contribution in [0.5, 0.6) is 0 Å². The number of hydrogen-bond acceptors (Lipinski definition) is 3. The first kappa shape index (κ1) is 12.0. The van der Waals surface area contributed by atoms with Gasteiger partial charge in [-0.1, -0.05) is 6.92 Å². The summed E-state index contributed by atoms with van der Waals surface area (Å²) in [7, 11) is 2.17. The van der Waals surface area contributed by atoms with Crippen LogP contribution in [0.15, 0.2) is 0 Å². The maximum atomic E-state index is 9.10. The Hall–Kier alpha value is -0.120. The molecule has 1 saturated heterocycles. The molecular formula is C11H24N2O. The Balaban J connectivity index is 2.44. The minimum atomic E-state index is 0.220. The zero-order valence-corrected chi connectivity index (χ0v) is 9.55. The molecule has 0 amide bonds. The lowest BCUT2D eigenvalue weighted by Crippen LogP contribution is -2.53. The van der Waals surface area contributed by atoms with Crippen molar-refractivity contribution >= 4 is 0 Å². The molecule has 0 bridgehead atoms. The van der Waals surface area contributed by atoms with Gasteiger partial charge >= 0.3 is 0 Å². The van der Waals surface area contributed by atoms with Gasteiger partial charge in [0.05, 0.1) is 0 Å². The molecule has 0 aromatic rings. The number of nitrogens with one attached hydrogen (secondary N) is 1. The molecular weight excluding hydrogens is 176 g/mol. The fraction of sp³-hybridized carbons (Fsp3) is 1.00. The average Bonchev–Trinajstić information content (AvgIpc) is 2.20. The number of nitrogens with zero attached hydrogens (tertiary/aromatic N) is 1. The number of aliphatic hydroxyl groups excluding tert-OH is 1. The maximum absolute atomic E-state index is 9.10. The van der Waals surface area contributed by atoms with Crippen molar-refractivity contribution < 1.29 is 5.11 Å². The van der Waals surface area contributed by atoms with Crippen LogP contribution in [0.3, 0.4) is 0 Å². The summed E-state index contributed by atoms with van der Waals surface area (Å²) in [6.07, 6.45) is 4.41. The Labute approximate surface area is 87.5 Å². The summed E-state index contributed by atoms with van der Waals surface area (Å²) in [5.41, 5.74) is 0.220. The lowest BCUT2D eigenvalue weighted by atomic mass is 9.84. The second-order valence-corrected chi connectivity index (χ2v) is 4.48. The molecule has 1 fully saturated rings. The predicted molar refractivity (Wildman–Crippen MR) is 59.5 cm³/mol. The molecule has 0 atom stereocenters. The summed E-state index contributed by atoms with van der Waals surface area (Å²) in [6.45, 7) is 5.87. The van der Waals surface area contributed by atoms with Crippen molar-refractivity contribution in [3.05, 3.63) is 0 Å². The minimum absolute atomic E-state index is 0.220. The molecule has 0 saturated carbocycles. The third kappa shape index (κ3) is 3.23. The molecule has 0 aromatic carbocycles. The zero-order chi connectivity index (χ0) is 10.4. The lowest BCUT2D eigenvalue weighted by Gasteiger charge is -2.41. The molecule has 0 unspecified atom stereocenters. The van der Waals surface area contributed by atoms with E-state index < -0.39 is 0 Å². The van der Waals surface area contributed by atoms with Crippen LogP contribution >= 0.6 is 0 Å². The normalized spacial score (nSPS) is 22.5. The van der Waals surface area contributed by atoms with Gasteiger partial charge in [-0.2, -0.15) is 0 Å². The van der Waals surface area contributed by atoms with E-state index in [1.807, 2.05) is 0 Å². The molecule has 0 aliphatic carbocycles. The molecule has 84 valence electrons. The zero-order valence-electron chi connectivity index (χ0n) is 9.55. The van der Waals surface area contributed by atoms with E-state index in [1.165, 1.54) is 19.3 Å². The van der Waals surface area contributed by atoms with Gasteiger partial charge in [0, 0.05) is 12.1 Å². The van der Waals surface area contributed by atoms with Gasteiger partial charge in [-0.25, -0.2) is 0 Å². The molecule has 1 heterocycles. The first-order chi connectivity index (χ1) is 6.72. The smallest absolute Gasteiger partial charge is 0.0448 e. The van der Waals surface area contributed by atoms with Gasteiger partial charge in [0.1, 0.15) is 0 Å². The Morgan fingerprint density at radius 3 is 2.50 bits per heavy atom. The van der Waals surface area contributed by atoms with E-state index in [4.69, 9.17) is 5.11 Å². The van der Waals surface area contributed by atoms with Crippen LogP contribution in [-0.4, -0.2) is 48.8 Å². The van der Waals surface area contributed by atoms with Crippen molar-refractivity contribution in [2.45, 2.75) is 38.1 Å². The number of likely N-dealkylation sites (tertiary alicyclic amines) is 1. The first-order valence-electron chi connectivity index (χ1n) is 5.77. The summed E-state index contributed by atoms with van der Waals surface area (Å²) >= 11 is 0. The quantitative estimate of drug-likeness (QED) is 0.690. The number of aliphatic hydroxyl groups is 1. The number of piperidine rings is 1. The van der Waals surface area contributed by atoms with E-state index in [2.05, 4.69) is 24.2 Å². The summed E-state index contributed by atoms with van der Waals surface area (Å²) in [5.74, 6) is 0.